The first-order valence-corrected chi connectivity index (χ1v) is 6.38. The quantitative estimate of drug-likeness (QED) is 0.472. The number of aliphatic hydroxyl groups excluding tert-OH is 3. The van der Waals surface area contributed by atoms with Gasteiger partial charge in [0.2, 0.25) is 0 Å². The summed E-state index contributed by atoms with van der Waals surface area (Å²) in [6.45, 7) is 1.58. The summed E-state index contributed by atoms with van der Waals surface area (Å²) in [4.78, 5) is 11.6. The van der Waals surface area contributed by atoms with Gasteiger partial charge in [0, 0.05) is 6.07 Å². The van der Waals surface area contributed by atoms with Crippen molar-refractivity contribution in [3.63, 3.8) is 0 Å². The van der Waals surface area contributed by atoms with E-state index in [1.807, 2.05) is 0 Å². The van der Waals surface area contributed by atoms with E-state index in [2.05, 4.69) is 0 Å². The van der Waals surface area contributed by atoms with E-state index in [-0.39, 0.29) is 6.61 Å². The highest BCUT2D eigenvalue weighted by atomic mass is 16.6. The van der Waals surface area contributed by atoms with E-state index in [1.54, 1.807) is 25.3 Å². The van der Waals surface area contributed by atoms with Gasteiger partial charge in [-0.25, -0.2) is 4.79 Å². The molecule has 1 aliphatic heterocycles. The van der Waals surface area contributed by atoms with Crippen molar-refractivity contribution in [3.05, 3.63) is 30.1 Å². The topological polar surface area (TPSA) is 100 Å². The normalized spacial score (nSPS) is 29.4. The van der Waals surface area contributed by atoms with Crippen molar-refractivity contribution in [3.8, 4) is 0 Å². The van der Waals surface area contributed by atoms with Crippen LogP contribution in [0.15, 0.2) is 24.5 Å². The molecule has 1 saturated heterocycles. The fourth-order valence-electron chi connectivity index (χ4n) is 2.11. The molecule has 0 aromatic carbocycles. The highest BCUT2D eigenvalue weighted by Crippen LogP contribution is 2.25. The molecular weight excluding hydrogens is 266 g/mol. The number of pyridine rings is 1. The molecule has 0 radical (unpaired) electrons. The third-order valence-corrected chi connectivity index (χ3v) is 3.14. The number of nitrogens with zero attached hydrogens (tertiary/aromatic N) is 1. The van der Waals surface area contributed by atoms with Crippen molar-refractivity contribution < 1.29 is 34.2 Å². The van der Waals surface area contributed by atoms with E-state index in [1.165, 1.54) is 10.8 Å². The predicted octanol–water partition coefficient (Wildman–Crippen LogP) is -1.24. The predicted molar refractivity (Wildman–Crippen MR) is 65.6 cm³/mol. The monoisotopic (exact) mass is 284 g/mol. The Morgan fingerprint density at radius 3 is 2.80 bits per heavy atom. The molecule has 110 valence electrons. The number of esters is 1. The molecule has 0 saturated carbocycles. The van der Waals surface area contributed by atoms with Crippen LogP contribution in [0.1, 0.15) is 23.5 Å². The Morgan fingerprint density at radius 1 is 1.45 bits per heavy atom. The Kier molecular flexibility index (Phi) is 4.66. The molecule has 0 spiro atoms. The minimum atomic E-state index is -1.19. The van der Waals surface area contributed by atoms with Crippen molar-refractivity contribution in [2.24, 2.45) is 0 Å². The molecule has 1 aromatic heterocycles. The van der Waals surface area contributed by atoms with Crippen LogP contribution in [-0.2, 0) is 9.47 Å². The Labute approximate surface area is 116 Å². The average Bonchev–Trinajstić information content (AvgIpc) is 2.75. The zero-order chi connectivity index (χ0) is 14.7. The van der Waals surface area contributed by atoms with Gasteiger partial charge < -0.3 is 24.8 Å². The van der Waals surface area contributed by atoms with Crippen LogP contribution >= 0.6 is 0 Å². The van der Waals surface area contributed by atoms with E-state index in [0.717, 1.165) is 0 Å². The first-order chi connectivity index (χ1) is 9.58. The lowest BCUT2D eigenvalue weighted by Gasteiger charge is -2.10. The third kappa shape index (κ3) is 2.80. The summed E-state index contributed by atoms with van der Waals surface area (Å²) >= 11 is 0. The summed E-state index contributed by atoms with van der Waals surface area (Å²) in [5, 5.41) is 28.7. The van der Waals surface area contributed by atoms with Crippen molar-refractivity contribution >= 4 is 5.97 Å². The number of carbonyl (C=O) groups excluding carboxylic acids is 1. The number of aliphatic hydroxyl groups is 3. The van der Waals surface area contributed by atoms with Gasteiger partial charge in [0.05, 0.1) is 13.2 Å². The van der Waals surface area contributed by atoms with Crippen LogP contribution < -0.4 is 4.57 Å². The molecule has 1 aromatic rings. The smallest absolute Gasteiger partial charge is 0.344 e. The third-order valence-electron chi connectivity index (χ3n) is 3.14. The number of ether oxygens (including phenoxy) is 2. The summed E-state index contributed by atoms with van der Waals surface area (Å²) in [5.74, 6) is -0.478. The van der Waals surface area contributed by atoms with E-state index in [9.17, 15) is 15.0 Å². The Hall–Kier alpha value is -1.54. The number of carbonyl (C=O) groups is 1. The number of aromatic nitrogens is 1. The SMILES string of the molecule is CCOC(=O)c1ccc[n+]([C@@H]2O[C@H](CO)C(O)C2O)c1. The molecule has 7 heteroatoms. The van der Waals surface area contributed by atoms with Crippen LogP contribution in [-0.4, -0.2) is 52.8 Å². The fraction of sp³-hybridized carbons (Fsp3) is 0.538. The van der Waals surface area contributed by atoms with Crippen LogP contribution in [0, 0.1) is 0 Å². The zero-order valence-electron chi connectivity index (χ0n) is 11.0. The van der Waals surface area contributed by atoms with E-state index in [0.29, 0.717) is 5.56 Å². The Bertz CT molecular complexity index is 480. The Balaban J connectivity index is 2.21. The van der Waals surface area contributed by atoms with E-state index in [4.69, 9.17) is 14.6 Å². The molecule has 2 rings (SSSR count). The van der Waals surface area contributed by atoms with Gasteiger partial charge in [0.1, 0.15) is 17.8 Å². The molecule has 20 heavy (non-hydrogen) atoms. The molecule has 2 unspecified atom stereocenters. The maximum atomic E-state index is 11.6. The maximum Gasteiger partial charge on any atom is 0.344 e. The van der Waals surface area contributed by atoms with Crippen LogP contribution in [0.5, 0.6) is 0 Å². The van der Waals surface area contributed by atoms with Gasteiger partial charge in [0.15, 0.2) is 18.5 Å². The van der Waals surface area contributed by atoms with Gasteiger partial charge in [0.25, 0.3) is 6.23 Å². The first kappa shape index (κ1) is 14.9. The van der Waals surface area contributed by atoms with Crippen LogP contribution in [0.4, 0.5) is 0 Å². The standard InChI is InChI=1S/C13H18NO6/c1-2-19-13(18)8-4-3-5-14(6-8)12-11(17)10(16)9(7-15)20-12/h3-6,9-12,15-17H,2,7H2,1H3/q+1/t9-,10?,11?,12-/m1/s1. The van der Waals surface area contributed by atoms with Crippen molar-refractivity contribution in [1.82, 2.24) is 0 Å². The molecule has 0 amide bonds. The van der Waals surface area contributed by atoms with Gasteiger partial charge >= 0.3 is 5.97 Å². The molecule has 7 nitrogen and oxygen atoms in total. The van der Waals surface area contributed by atoms with Gasteiger partial charge in [-0.3, -0.25) is 0 Å². The molecule has 3 N–H and O–H groups in total. The van der Waals surface area contributed by atoms with Crippen molar-refractivity contribution in [2.45, 2.75) is 31.5 Å². The second kappa shape index (κ2) is 6.27. The van der Waals surface area contributed by atoms with Gasteiger partial charge in [-0.1, -0.05) is 0 Å². The Morgan fingerprint density at radius 2 is 2.20 bits per heavy atom. The lowest BCUT2D eigenvalue weighted by molar-refractivity contribution is -0.765. The second-order valence-corrected chi connectivity index (χ2v) is 4.49. The molecule has 1 fully saturated rings. The largest absolute Gasteiger partial charge is 0.462 e. The van der Waals surface area contributed by atoms with Gasteiger partial charge in [-0.05, 0) is 13.0 Å². The summed E-state index contributed by atoms with van der Waals surface area (Å²) in [7, 11) is 0. The molecule has 0 aliphatic carbocycles. The molecular formula is C13H18NO6+. The van der Waals surface area contributed by atoms with E-state index >= 15 is 0 Å². The zero-order valence-corrected chi connectivity index (χ0v) is 11.0. The van der Waals surface area contributed by atoms with Crippen molar-refractivity contribution in [1.29, 1.82) is 0 Å². The lowest BCUT2D eigenvalue weighted by atomic mass is 10.1. The molecule has 1 aliphatic rings. The average molecular weight is 284 g/mol. The molecule has 2 heterocycles. The first-order valence-electron chi connectivity index (χ1n) is 6.38. The fourth-order valence-corrected chi connectivity index (χ4v) is 2.11. The van der Waals surface area contributed by atoms with Crippen molar-refractivity contribution in [2.75, 3.05) is 13.2 Å². The minimum Gasteiger partial charge on any atom is -0.462 e. The number of hydrogen-bond donors (Lipinski definition) is 3. The van der Waals surface area contributed by atoms with Crippen LogP contribution in [0.2, 0.25) is 0 Å². The summed E-state index contributed by atoms with van der Waals surface area (Å²) in [6, 6.07) is 3.19. The highest BCUT2D eigenvalue weighted by molar-refractivity contribution is 5.88. The van der Waals surface area contributed by atoms with Crippen LogP contribution in [0.3, 0.4) is 0 Å². The summed E-state index contributed by atoms with van der Waals surface area (Å²) in [5.41, 5.74) is 0.312. The second-order valence-electron chi connectivity index (χ2n) is 4.49. The summed E-state index contributed by atoms with van der Waals surface area (Å²) in [6.07, 6.45) is -1.01. The van der Waals surface area contributed by atoms with Gasteiger partial charge in [-0.15, -0.1) is 0 Å². The minimum absolute atomic E-state index is 0.265. The van der Waals surface area contributed by atoms with E-state index < -0.39 is 37.1 Å². The number of rotatable bonds is 4. The molecule has 4 atom stereocenters. The maximum absolute atomic E-state index is 11.6. The number of hydrogen-bond acceptors (Lipinski definition) is 6. The van der Waals surface area contributed by atoms with Crippen LogP contribution in [0.25, 0.3) is 0 Å². The lowest BCUT2D eigenvalue weighted by Crippen LogP contribution is -2.46. The molecule has 0 bridgehead atoms. The summed E-state index contributed by atoms with van der Waals surface area (Å²) < 4.78 is 11.7. The van der Waals surface area contributed by atoms with Gasteiger partial charge in [-0.2, -0.15) is 4.57 Å². The highest BCUT2D eigenvalue weighted by Gasteiger charge is 2.48.